The van der Waals surface area contributed by atoms with Gasteiger partial charge in [-0.15, -0.1) is 0 Å². The normalized spacial score (nSPS) is 15.3. The lowest BCUT2D eigenvalue weighted by Crippen LogP contribution is -2.40. The maximum Gasteiger partial charge on any atom is 0.309 e. The second-order valence-electron chi connectivity index (χ2n) is 7.51. The summed E-state index contributed by atoms with van der Waals surface area (Å²) in [6, 6.07) is 12.0. The van der Waals surface area contributed by atoms with Gasteiger partial charge >= 0.3 is 5.97 Å². The molecule has 3 rings (SSSR count). The zero-order valence-electron chi connectivity index (χ0n) is 17.6. The predicted octanol–water partition coefficient (Wildman–Crippen LogP) is 2.98. The fourth-order valence-corrected chi connectivity index (χ4v) is 4.98. The van der Waals surface area contributed by atoms with E-state index in [0.717, 1.165) is 18.1 Å². The number of piperidine rings is 1. The van der Waals surface area contributed by atoms with Crippen LogP contribution in [0.15, 0.2) is 53.4 Å². The fourth-order valence-electron chi connectivity index (χ4n) is 3.51. The molecule has 0 bridgehead atoms. The average molecular weight is 461 g/mol. The Morgan fingerprint density at radius 1 is 1.12 bits per heavy atom. The molecule has 1 saturated heterocycles. The van der Waals surface area contributed by atoms with Crippen molar-refractivity contribution in [2.45, 2.75) is 31.1 Å². The Kier molecular flexibility index (Phi) is 7.37. The molecule has 0 aliphatic carbocycles. The molecule has 32 heavy (non-hydrogen) atoms. The Morgan fingerprint density at radius 2 is 1.78 bits per heavy atom. The molecular formula is C22H24N2O7S. The van der Waals surface area contributed by atoms with Crippen LogP contribution in [0.5, 0.6) is 0 Å². The van der Waals surface area contributed by atoms with E-state index in [-0.39, 0.29) is 42.1 Å². The molecule has 0 saturated carbocycles. The molecule has 1 aliphatic heterocycles. The molecule has 1 heterocycles. The Hall–Kier alpha value is -3.11. The van der Waals surface area contributed by atoms with E-state index in [2.05, 4.69) is 0 Å². The number of nitrogens with zero attached hydrogens (tertiary/aromatic N) is 2. The minimum absolute atomic E-state index is 0.0852. The number of carbonyl (C=O) groups is 2. The molecule has 0 radical (unpaired) electrons. The van der Waals surface area contributed by atoms with Gasteiger partial charge in [0.1, 0.15) is 0 Å². The first-order valence-electron chi connectivity index (χ1n) is 10.3. The zero-order chi connectivity index (χ0) is 23.3. The fraction of sp³-hybridized carbons (Fsp3) is 0.364. The summed E-state index contributed by atoms with van der Waals surface area (Å²) in [6.45, 7) is 1.82. The van der Waals surface area contributed by atoms with Crippen LogP contribution in [-0.4, -0.2) is 49.1 Å². The highest BCUT2D eigenvalue weighted by molar-refractivity contribution is 7.89. The van der Waals surface area contributed by atoms with Gasteiger partial charge < -0.3 is 4.74 Å². The van der Waals surface area contributed by atoms with Crippen molar-refractivity contribution in [1.82, 2.24) is 4.31 Å². The van der Waals surface area contributed by atoms with Gasteiger partial charge in [-0.05, 0) is 37.0 Å². The average Bonchev–Trinajstić information content (AvgIpc) is 2.82. The quantitative estimate of drug-likeness (QED) is 0.257. The van der Waals surface area contributed by atoms with E-state index in [1.54, 1.807) is 24.3 Å². The van der Waals surface area contributed by atoms with Gasteiger partial charge in [-0.2, -0.15) is 4.31 Å². The van der Waals surface area contributed by atoms with Crippen molar-refractivity contribution >= 4 is 27.5 Å². The monoisotopic (exact) mass is 460 g/mol. The summed E-state index contributed by atoms with van der Waals surface area (Å²) < 4.78 is 32.1. The maximum atomic E-state index is 12.8. The lowest BCUT2D eigenvalue weighted by Gasteiger charge is -2.30. The number of esters is 1. The number of non-ortho nitro benzene ring substituents is 1. The molecule has 170 valence electrons. The summed E-state index contributed by atoms with van der Waals surface area (Å²) >= 11 is 0. The van der Waals surface area contributed by atoms with Gasteiger partial charge in [-0.3, -0.25) is 19.7 Å². The van der Waals surface area contributed by atoms with Crippen molar-refractivity contribution in [3.63, 3.8) is 0 Å². The lowest BCUT2D eigenvalue weighted by molar-refractivity contribution is -0.384. The minimum atomic E-state index is -3.64. The first kappa shape index (κ1) is 23.6. The molecule has 0 amide bonds. The van der Waals surface area contributed by atoms with Gasteiger partial charge in [0.05, 0.1) is 15.7 Å². The summed E-state index contributed by atoms with van der Waals surface area (Å²) in [4.78, 5) is 35.0. The van der Waals surface area contributed by atoms with E-state index in [9.17, 15) is 28.1 Å². The van der Waals surface area contributed by atoms with Crippen LogP contribution in [0.2, 0.25) is 0 Å². The molecule has 0 aromatic heterocycles. The van der Waals surface area contributed by atoms with Gasteiger partial charge in [0.15, 0.2) is 6.61 Å². The molecule has 0 atom stereocenters. The van der Waals surface area contributed by atoms with E-state index in [4.69, 9.17) is 4.74 Å². The summed E-state index contributed by atoms with van der Waals surface area (Å²) in [5.41, 5.74) is 0.909. The SMILES string of the molecule is CCc1ccc(S(=O)(=O)N2CCC(C(=O)OCC(=O)c3cccc([N+](=O)[O-])c3)CC2)cc1. The Labute approximate surface area is 186 Å². The van der Waals surface area contributed by atoms with Crippen LogP contribution in [0.4, 0.5) is 5.69 Å². The van der Waals surface area contributed by atoms with Crippen molar-refractivity contribution in [2.75, 3.05) is 19.7 Å². The lowest BCUT2D eigenvalue weighted by atomic mass is 9.98. The number of carbonyl (C=O) groups excluding carboxylic acids is 2. The number of rotatable bonds is 8. The zero-order valence-corrected chi connectivity index (χ0v) is 18.4. The van der Waals surface area contributed by atoms with Crippen molar-refractivity contribution in [2.24, 2.45) is 5.92 Å². The van der Waals surface area contributed by atoms with E-state index >= 15 is 0 Å². The minimum Gasteiger partial charge on any atom is -0.457 e. The molecular weight excluding hydrogens is 436 g/mol. The topological polar surface area (TPSA) is 124 Å². The number of ether oxygens (including phenoxy) is 1. The first-order chi connectivity index (χ1) is 15.2. The van der Waals surface area contributed by atoms with E-state index in [0.29, 0.717) is 0 Å². The highest BCUT2D eigenvalue weighted by Crippen LogP contribution is 2.25. The summed E-state index contributed by atoms with van der Waals surface area (Å²) in [6.07, 6.45) is 1.39. The van der Waals surface area contributed by atoms with Gasteiger partial charge in [0, 0.05) is 30.8 Å². The van der Waals surface area contributed by atoms with Crippen LogP contribution >= 0.6 is 0 Å². The van der Waals surface area contributed by atoms with Gasteiger partial charge in [0.25, 0.3) is 5.69 Å². The number of sulfonamides is 1. The van der Waals surface area contributed by atoms with Crippen LogP contribution in [0, 0.1) is 16.0 Å². The van der Waals surface area contributed by atoms with Crippen LogP contribution in [0.25, 0.3) is 0 Å². The molecule has 1 fully saturated rings. The number of nitro benzene ring substituents is 1. The molecule has 1 aliphatic rings. The van der Waals surface area contributed by atoms with Crippen molar-refractivity contribution in [3.05, 3.63) is 69.8 Å². The molecule has 10 heteroatoms. The third-order valence-electron chi connectivity index (χ3n) is 5.48. The molecule has 9 nitrogen and oxygen atoms in total. The van der Waals surface area contributed by atoms with Crippen LogP contribution in [0.3, 0.4) is 0 Å². The van der Waals surface area contributed by atoms with E-state index in [1.807, 2.05) is 6.92 Å². The second-order valence-corrected chi connectivity index (χ2v) is 9.45. The Balaban J connectivity index is 1.53. The van der Waals surface area contributed by atoms with Crippen molar-refractivity contribution in [1.29, 1.82) is 0 Å². The van der Waals surface area contributed by atoms with Crippen LogP contribution < -0.4 is 0 Å². The number of ketones is 1. The van der Waals surface area contributed by atoms with Crippen LogP contribution in [0.1, 0.15) is 35.7 Å². The van der Waals surface area contributed by atoms with E-state index < -0.39 is 39.2 Å². The Morgan fingerprint density at radius 3 is 2.38 bits per heavy atom. The maximum absolute atomic E-state index is 12.8. The first-order valence-corrected chi connectivity index (χ1v) is 11.7. The largest absolute Gasteiger partial charge is 0.457 e. The summed E-state index contributed by atoms with van der Waals surface area (Å²) in [5.74, 6) is -1.63. The molecule has 0 N–H and O–H groups in total. The number of hydrogen-bond acceptors (Lipinski definition) is 7. The third kappa shape index (κ3) is 5.38. The van der Waals surface area contributed by atoms with Crippen molar-refractivity contribution < 1.29 is 27.7 Å². The van der Waals surface area contributed by atoms with Crippen LogP contribution in [-0.2, 0) is 26.0 Å². The molecule has 0 unspecified atom stereocenters. The third-order valence-corrected chi connectivity index (χ3v) is 7.39. The molecule has 0 spiro atoms. The number of aryl methyl sites for hydroxylation is 1. The van der Waals surface area contributed by atoms with Gasteiger partial charge in [-0.1, -0.05) is 31.2 Å². The van der Waals surface area contributed by atoms with Gasteiger partial charge in [-0.25, -0.2) is 8.42 Å². The predicted molar refractivity (Wildman–Crippen MR) is 116 cm³/mol. The number of nitro groups is 1. The summed E-state index contributed by atoms with van der Waals surface area (Å²) in [5, 5.41) is 10.8. The van der Waals surface area contributed by atoms with Gasteiger partial charge in [0.2, 0.25) is 15.8 Å². The molecule has 2 aromatic carbocycles. The highest BCUT2D eigenvalue weighted by Gasteiger charge is 2.33. The second kappa shape index (κ2) is 10.0. The number of benzene rings is 2. The Bertz CT molecular complexity index is 1110. The summed E-state index contributed by atoms with van der Waals surface area (Å²) in [7, 11) is -3.64. The number of Topliss-reactive ketones (excluding diaryl/α,β-unsaturated/α-hetero) is 1. The van der Waals surface area contributed by atoms with Crippen molar-refractivity contribution in [3.8, 4) is 0 Å². The standard InChI is InChI=1S/C22H24N2O7S/c1-2-16-6-8-20(9-7-16)32(29,30)23-12-10-17(11-13-23)22(26)31-15-21(25)18-4-3-5-19(14-18)24(27)28/h3-9,14,17H,2,10-13,15H2,1H3. The smallest absolute Gasteiger partial charge is 0.309 e. The highest BCUT2D eigenvalue weighted by atomic mass is 32.2. The van der Waals surface area contributed by atoms with E-state index in [1.165, 1.54) is 22.5 Å². The molecule has 2 aromatic rings. The number of hydrogen-bond donors (Lipinski definition) is 0.